The lowest BCUT2D eigenvalue weighted by Crippen LogP contribution is -2.17. The summed E-state index contributed by atoms with van der Waals surface area (Å²) in [6.07, 6.45) is -0.358. The zero-order chi connectivity index (χ0) is 18.9. The third-order valence-electron chi connectivity index (χ3n) is 4.72. The largest absolute Gasteiger partial charge is 0.471 e. The van der Waals surface area contributed by atoms with E-state index in [0.29, 0.717) is 5.92 Å². The van der Waals surface area contributed by atoms with Crippen molar-refractivity contribution in [3.8, 4) is 11.4 Å². The first kappa shape index (κ1) is 18.5. The predicted molar refractivity (Wildman–Crippen MR) is 84.8 cm³/mol. The third-order valence-corrected chi connectivity index (χ3v) is 4.72. The van der Waals surface area contributed by atoms with E-state index in [4.69, 9.17) is 0 Å². The van der Waals surface area contributed by atoms with Crippen LogP contribution in [0.1, 0.15) is 55.3 Å². The number of halogens is 4. The topological polar surface area (TPSA) is 56.0 Å². The first-order chi connectivity index (χ1) is 12.2. The van der Waals surface area contributed by atoms with Gasteiger partial charge in [0, 0.05) is 12.0 Å². The second-order valence-corrected chi connectivity index (χ2v) is 6.88. The minimum atomic E-state index is -4.77. The molecule has 1 aromatic carbocycles. The number of carbonyl (C=O) groups is 1. The highest BCUT2D eigenvalue weighted by Gasteiger charge is 2.38. The number of rotatable bonds is 4. The highest BCUT2D eigenvalue weighted by molar-refractivity contribution is 5.96. The van der Waals surface area contributed by atoms with Gasteiger partial charge in [-0.1, -0.05) is 31.0 Å². The molecule has 2 atom stereocenters. The lowest BCUT2D eigenvalue weighted by Gasteiger charge is -2.26. The molecule has 3 rings (SSSR count). The molecule has 1 heterocycles. The Balaban J connectivity index is 1.75. The number of nitrogens with zero attached hydrogens (tertiary/aromatic N) is 2. The van der Waals surface area contributed by atoms with Crippen molar-refractivity contribution >= 4 is 5.78 Å². The summed E-state index contributed by atoms with van der Waals surface area (Å²) >= 11 is 0. The van der Waals surface area contributed by atoms with Crippen molar-refractivity contribution in [2.45, 2.75) is 45.2 Å². The molecule has 8 heteroatoms. The van der Waals surface area contributed by atoms with Crippen molar-refractivity contribution in [2.75, 3.05) is 0 Å². The second-order valence-electron chi connectivity index (χ2n) is 6.88. The van der Waals surface area contributed by atoms with E-state index in [2.05, 4.69) is 21.6 Å². The van der Waals surface area contributed by atoms with Crippen LogP contribution in [0.2, 0.25) is 0 Å². The van der Waals surface area contributed by atoms with Gasteiger partial charge in [0.25, 0.3) is 0 Å². The second kappa shape index (κ2) is 7.17. The van der Waals surface area contributed by atoms with Crippen LogP contribution in [0.5, 0.6) is 0 Å². The number of hydrogen-bond donors (Lipinski definition) is 0. The molecule has 1 aromatic heterocycles. The summed E-state index contributed by atoms with van der Waals surface area (Å²) < 4.78 is 56.0. The van der Waals surface area contributed by atoms with Crippen LogP contribution < -0.4 is 0 Å². The van der Waals surface area contributed by atoms with Crippen LogP contribution in [-0.4, -0.2) is 15.9 Å². The number of alkyl halides is 3. The normalized spacial score (nSPS) is 21.0. The van der Waals surface area contributed by atoms with E-state index in [1.165, 1.54) is 12.1 Å². The van der Waals surface area contributed by atoms with Gasteiger partial charge >= 0.3 is 12.1 Å². The van der Waals surface area contributed by atoms with Crippen molar-refractivity contribution in [2.24, 2.45) is 11.8 Å². The van der Waals surface area contributed by atoms with Crippen LogP contribution in [0, 0.1) is 17.7 Å². The van der Waals surface area contributed by atoms with E-state index in [0.717, 1.165) is 31.7 Å². The monoisotopic (exact) mass is 370 g/mol. The zero-order valence-corrected chi connectivity index (χ0v) is 14.1. The lowest BCUT2D eigenvalue weighted by molar-refractivity contribution is -0.159. The van der Waals surface area contributed by atoms with Crippen molar-refractivity contribution < 1.29 is 26.9 Å². The number of hydrogen-bond acceptors (Lipinski definition) is 4. The Labute approximate surface area is 147 Å². The average molecular weight is 370 g/mol. The van der Waals surface area contributed by atoms with Gasteiger partial charge < -0.3 is 4.52 Å². The van der Waals surface area contributed by atoms with E-state index in [1.807, 2.05) is 0 Å². The maximum absolute atomic E-state index is 14.3. The predicted octanol–water partition coefficient (Wildman–Crippen LogP) is 5.29. The fraction of sp³-hybridized carbons (Fsp3) is 0.500. The highest BCUT2D eigenvalue weighted by Crippen LogP contribution is 2.33. The van der Waals surface area contributed by atoms with Crippen LogP contribution in [0.25, 0.3) is 11.4 Å². The van der Waals surface area contributed by atoms with Gasteiger partial charge in [0.2, 0.25) is 5.82 Å². The summed E-state index contributed by atoms with van der Waals surface area (Å²) in [5.41, 5.74) is -0.0453. The van der Waals surface area contributed by atoms with E-state index < -0.39 is 17.9 Å². The van der Waals surface area contributed by atoms with Gasteiger partial charge in [-0.15, -0.1) is 0 Å². The fourth-order valence-corrected chi connectivity index (χ4v) is 3.45. The Morgan fingerprint density at radius 1 is 1.31 bits per heavy atom. The molecule has 0 amide bonds. The van der Waals surface area contributed by atoms with Crippen molar-refractivity contribution in [3.05, 3.63) is 35.5 Å². The van der Waals surface area contributed by atoms with Gasteiger partial charge in [-0.3, -0.25) is 4.79 Å². The Kier molecular flexibility index (Phi) is 5.11. The standard InChI is InChI=1S/C18H18F4N2O2/c1-10-3-2-4-11(7-10)8-15(25)13-6-5-12(9-14(13)19)16-23-17(26-24-16)18(20,21)22/h5-6,9-11H,2-4,7-8H2,1H3. The molecule has 2 aromatic rings. The molecule has 2 unspecified atom stereocenters. The van der Waals surface area contributed by atoms with E-state index in [-0.39, 0.29) is 35.1 Å². The van der Waals surface area contributed by atoms with Crippen molar-refractivity contribution in [1.29, 1.82) is 0 Å². The van der Waals surface area contributed by atoms with Gasteiger partial charge in [0.05, 0.1) is 5.56 Å². The lowest BCUT2D eigenvalue weighted by atomic mass is 9.79. The molecule has 1 saturated carbocycles. The van der Waals surface area contributed by atoms with Gasteiger partial charge in [-0.05, 0) is 36.8 Å². The molecule has 0 bridgehead atoms. The van der Waals surface area contributed by atoms with Gasteiger partial charge in [-0.25, -0.2) is 4.39 Å². The van der Waals surface area contributed by atoms with Crippen LogP contribution in [0.15, 0.2) is 22.7 Å². The Bertz CT molecular complexity index is 801. The third kappa shape index (κ3) is 4.11. The number of ketones is 1. The molecule has 4 nitrogen and oxygen atoms in total. The maximum atomic E-state index is 14.3. The van der Waals surface area contributed by atoms with Crippen LogP contribution in [0.3, 0.4) is 0 Å². The Morgan fingerprint density at radius 3 is 2.69 bits per heavy atom. The van der Waals surface area contributed by atoms with Crippen molar-refractivity contribution in [1.82, 2.24) is 10.1 Å². The van der Waals surface area contributed by atoms with Crippen LogP contribution in [-0.2, 0) is 6.18 Å². The Morgan fingerprint density at radius 2 is 2.08 bits per heavy atom. The number of benzene rings is 1. The summed E-state index contributed by atoms with van der Waals surface area (Å²) in [6, 6.07) is 3.55. The van der Waals surface area contributed by atoms with Crippen LogP contribution >= 0.6 is 0 Å². The van der Waals surface area contributed by atoms with Crippen LogP contribution in [0.4, 0.5) is 17.6 Å². The summed E-state index contributed by atoms with van der Waals surface area (Å²) in [6.45, 7) is 2.14. The first-order valence-electron chi connectivity index (χ1n) is 8.48. The molecule has 1 aliphatic rings. The van der Waals surface area contributed by atoms with Gasteiger partial charge in [0.15, 0.2) is 5.78 Å². The first-order valence-corrected chi connectivity index (χ1v) is 8.48. The molecule has 26 heavy (non-hydrogen) atoms. The molecule has 0 saturated heterocycles. The summed E-state index contributed by atoms with van der Waals surface area (Å²) in [5.74, 6) is -2.16. The SMILES string of the molecule is CC1CCCC(CC(=O)c2ccc(-c3noc(C(F)(F)F)n3)cc2F)C1. The summed E-state index contributed by atoms with van der Waals surface area (Å²) in [7, 11) is 0. The van der Waals surface area contributed by atoms with E-state index in [9.17, 15) is 22.4 Å². The molecule has 1 fully saturated rings. The van der Waals surface area contributed by atoms with E-state index >= 15 is 0 Å². The molecule has 0 radical (unpaired) electrons. The summed E-state index contributed by atoms with van der Waals surface area (Å²) in [5, 5.41) is 3.21. The molecule has 0 aliphatic heterocycles. The summed E-state index contributed by atoms with van der Waals surface area (Å²) in [4.78, 5) is 15.6. The Hall–Kier alpha value is -2.25. The molecule has 1 aliphatic carbocycles. The highest BCUT2D eigenvalue weighted by atomic mass is 19.4. The van der Waals surface area contributed by atoms with Gasteiger partial charge in [0.1, 0.15) is 5.82 Å². The maximum Gasteiger partial charge on any atom is 0.471 e. The zero-order valence-electron chi connectivity index (χ0n) is 14.1. The average Bonchev–Trinajstić information content (AvgIpc) is 3.05. The smallest absolute Gasteiger partial charge is 0.329 e. The molecule has 0 N–H and O–H groups in total. The number of Topliss-reactive ketones (excluding diaryl/α,β-unsaturated/α-hetero) is 1. The minimum absolute atomic E-state index is 0.0181. The quantitative estimate of drug-likeness (QED) is 0.542. The van der Waals surface area contributed by atoms with Gasteiger partial charge in [-0.2, -0.15) is 18.2 Å². The molecule has 140 valence electrons. The molecular formula is C18H18F4N2O2. The fourth-order valence-electron chi connectivity index (χ4n) is 3.45. The number of aromatic nitrogens is 2. The minimum Gasteiger partial charge on any atom is -0.329 e. The number of carbonyl (C=O) groups excluding carboxylic acids is 1. The van der Waals surface area contributed by atoms with E-state index in [1.54, 1.807) is 0 Å². The van der Waals surface area contributed by atoms with Crippen molar-refractivity contribution in [3.63, 3.8) is 0 Å². The molecule has 0 spiro atoms. The molecular weight excluding hydrogens is 352 g/mol.